The summed E-state index contributed by atoms with van der Waals surface area (Å²) in [5.74, 6) is 0.231. The van der Waals surface area contributed by atoms with E-state index in [1.807, 2.05) is 27.8 Å². The molecule has 0 N–H and O–H groups in total. The van der Waals surface area contributed by atoms with Gasteiger partial charge in [-0.1, -0.05) is 20.8 Å². The number of carbonyl (C=O) groups excluding carboxylic acids is 1. The van der Waals surface area contributed by atoms with Crippen molar-refractivity contribution in [3.05, 3.63) is 0 Å². The maximum atomic E-state index is 11.1. The fourth-order valence-corrected chi connectivity index (χ4v) is 1.34. The van der Waals surface area contributed by atoms with Gasteiger partial charge in [-0.05, 0) is 7.05 Å². The lowest BCUT2D eigenvalue weighted by atomic mass is 9.96. The highest BCUT2D eigenvalue weighted by Gasteiger charge is 2.21. The summed E-state index contributed by atoms with van der Waals surface area (Å²) in [6.45, 7) is 5.80. The van der Waals surface area contributed by atoms with E-state index in [-0.39, 0.29) is 11.3 Å². The van der Waals surface area contributed by atoms with Crippen molar-refractivity contribution in [2.75, 3.05) is 7.05 Å². The molecule has 0 rings (SSSR count). The number of amides is 1. The van der Waals surface area contributed by atoms with E-state index in [9.17, 15) is 4.79 Å². The molecule has 0 aromatic heterocycles. The SMILES string of the molecule is CN([SiH3])C(=O)C(C)(C)C. The van der Waals surface area contributed by atoms with Gasteiger partial charge in [-0.15, -0.1) is 0 Å². The third-order valence-electron chi connectivity index (χ3n) is 1.05. The lowest BCUT2D eigenvalue weighted by Gasteiger charge is -2.22. The standard InChI is InChI=1S/C6H15NOSi/c1-6(2,3)5(8)7(4)9/h1-4,9H3. The molecular weight excluding hydrogens is 130 g/mol. The number of rotatable bonds is 0. The Balaban J connectivity index is 4.06. The van der Waals surface area contributed by atoms with Gasteiger partial charge in [0.15, 0.2) is 0 Å². The molecule has 0 aromatic carbocycles. The second-order valence-corrected chi connectivity index (χ2v) is 4.79. The van der Waals surface area contributed by atoms with Crippen LogP contribution in [0.3, 0.4) is 0 Å². The summed E-state index contributed by atoms with van der Waals surface area (Å²) in [7, 11) is 2.65. The Hall–Kier alpha value is -0.313. The zero-order valence-electron chi connectivity index (χ0n) is 6.86. The molecule has 0 spiro atoms. The first-order valence-corrected chi connectivity index (χ1v) is 3.97. The van der Waals surface area contributed by atoms with Crippen molar-refractivity contribution in [1.82, 2.24) is 4.57 Å². The molecule has 9 heavy (non-hydrogen) atoms. The lowest BCUT2D eigenvalue weighted by molar-refractivity contribution is -0.133. The van der Waals surface area contributed by atoms with Crippen molar-refractivity contribution < 1.29 is 4.79 Å². The second-order valence-electron chi connectivity index (χ2n) is 3.45. The van der Waals surface area contributed by atoms with Crippen LogP contribution in [0.5, 0.6) is 0 Å². The molecule has 0 atom stereocenters. The van der Waals surface area contributed by atoms with Gasteiger partial charge >= 0.3 is 0 Å². The number of hydrogen-bond acceptors (Lipinski definition) is 1. The monoisotopic (exact) mass is 145 g/mol. The van der Waals surface area contributed by atoms with Crippen LogP contribution in [0.2, 0.25) is 0 Å². The molecule has 0 fully saturated rings. The largest absolute Gasteiger partial charge is 0.380 e. The summed E-state index contributed by atoms with van der Waals surface area (Å²) in [5.41, 5.74) is -0.198. The van der Waals surface area contributed by atoms with E-state index < -0.39 is 0 Å². The van der Waals surface area contributed by atoms with Gasteiger partial charge in [0, 0.05) is 5.41 Å². The van der Waals surface area contributed by atoms with Gasteiger partial charge in [-0.3, -0.25) is 4.79 Å². The summed E-state index contributed by atoms with van der Waals surface area (Å²) in [6.07, 6.45) is 0. The normalized spacial score (nSPS) is 11.6. The molecule has 0 saturated carbocycles. The molecule has 0 aliphatic rings. The smallest absolute Gasteiger partial charge is 0.219 e. The molecule has 0 bridgehead atoms. The zero-order chi connectivity index (χ0) is 7.65. The Morgan fingerprint density at radius 1 is 1.44 bits per heavy atom. The highest BCUT2D eigenvalue weighted by molar-refractivity contribution is 6.14. The molecule has 0 aliphatic heterocycles. The molecule has 1 amide bonds. The lowest BCUT2D eigenvalue weighted by Crippen LogP contribution is -2.34. The number of hydrogen-bond donors (Lipinski definition) is 0. The predicted molar refractivity (Wildman–Crippen MR) is 42.2 cm³/mol. The van der Waals surface area contributed by atoms with Crippen LogP contribution in [0.25, 0.3) is 0 Å². The highest BCUT2D eigenvalue weighted by atomic mass is 28.2. The molecule has 2 nitrogen and oxygen atoms in total. The van der Waals surface area contributed by atoms with Crippen LogP contribution < -0.4 is 0 Å². The topological polar surface area (TPSA) is 20.3 Å². The van der Waals surface area contributed by atoms with Crippen molar-refractivity contribution in [3.63, 3.8) is 0 Å². The van der Waals surface area contributed by atoms with Gasteiger partial charge in [0.2, 0.25) is 5.91 Å². The van der Waals surface area contributed by atoms with Gasteiger partial charge in [0.1, 0.15) is 10.4 Å². The quantitative estimate of drug-likeness (QED) is 0.431. The first-order valence-electron chi connectivity index (χ1n) is 3.07. The van der Waals surface area contributed by atoms with E-state index in [4.69, 9.17) is 0 Å². The fourth-order valence-electron chi connectivity index (χ4n) is 0.671. The van der Waals surface area contributed by atoms with Crippen molar-refractivity contribution >= 4 is 16.3 Å². The van der Waals surface area contributed by atoms with Crippen LogP contribution in [-0.4, -0.2) is 27.9 Å². The second kappa shape index (κ2) is 2.52. The Kier molecular flexibility index (Phi) is 2.43. The molecular formula is C6H15NOSi. The molecule has 0 unspecified atom stereocenters. The molecule has 0 saturated heterocycles. The average molecular weight is 145 g/mol. The summed E-state index contributed by atoms with van der Waals surface area (Å²) < 4.78 is 1.75. The first kappa shape index (κ1) is 8.69. The van der Waals surface area contributed by atoms with E-state index in [1.165, 1.54) is 0 Å². The van der Waals surface area contributed by atoms with Crippen molar-refractivity contribution in [2.45, 2.75) is 20.8 Å². The maximum absolute atomic E-state index is 11.1. The van der Waals surface area contributed by atoms with Crippen molar-refractivity contribution in [2.24, 2.45) is 5.41 Å². The zero-order valence-corrected chi connectivity index (χ0v) is 8.86. The first-order chi connectivity index (χ1) is 3.85. The molecule has 0 aliphatic carbocycles. The van der Waals surface area contributed by atoms with Crippen LogP contribution in [0.1, 0.15) is 20.8 Å². The van der Waals surface area contributed by atoms with Crippen LogP contribution >= 0.6 is 0 Å². The molecule has 0 aromatic rings. The minimum absolute atomic E-state index is 0.198. The third-order valence-corrected chi connectivity index (χ3v) is 1.45. The van der Waals surface area contributed by atoms with Gasteiger partial charge in [-0.25, -0.2) is 0 Å². The van der Waals surface area contributed by atoms with E-state index >= 15 is 0 Å². The Morgan fingerprint density at radius 2 is 1.78 bits per heavy atom. The summed E-state index contributed by atoms with van der Waals surface area (Å²) >= 11 is 0. The van der Waals surface area contributed by atoms with Gasteiger partial charge < -0.3 is 4.57 Å². The maximum Gasteiger partial charge on any atom is 0.219 e. The van der Waals surface area contributed by atoms with Crippen LogP contribution in [-0.2, 0) is 4.79 Å². The summed E-state index contributed by atoms with van der Waals surface area (Å²) in [4.78, 5) is 11.1. The third kappa shape index (κ3) is 2.65. The molecule has 3 heteroatoms. The van der Waals surface area contributed by atoms with Gasteiger partial charge in [0.25, 0.3) is 0 Å². The number of nitrogens with zero attached hydrogens (tertiary/aromatic N) is 1. The Labute approximate surface area is 59.7 Å². The van der Waals surface area contributed by atoms with E-state index in [2.05, 4.69) is 0 Å². The van der Waals surface area contributed by atoms with Crippen LogP contribution in [0.15, 0.2) is 0 Å². The van der Waals surface area contributed by atoms with Gasteiger partial charge in [-0.2, -0.15) is 0 Å². The van der Waals surface area contributed by atoms with E-state index in [1.54, 1.807) is 4.57 Å². The van der Waals surface area contributed by atoms with Gasteiger partial charge in [0.05, 0.1) is 0 Å². The summed E-state index contributed by atoms with van der Waals surface area (Å²) in [6, 6.07) is 0. The van der Waals surface area contributed by atoms with E-state index in [0.717, 1.165) is 10.4 Å². The van der Waals surface area contributed by atoms with Crippen LogP contribution in [0, 0.1) is 5.41 Å². The van der Waals surface area contributed by atoms with Crippen LogP contribution in [0.4, 0.5) is 0 Å². The minimum Gasteiger partial charge on any atom is -0.380 e. The predicted octanol–water partition coefficient (Wildman–Crippen LogP) is -0.229. The highest BCUT2D eigenvalue weighted by Crippen LogP contribution is 2.14. The Morgan fingerprint density at radius 3 is 1.78 bits per heavy atom. The minimum atomic E-state index is -0.198. The van der Waals surface area contributed by atoms with E-state index in [0.29, 0.717) is 0 Å². The summed E-state index contributed by atoms with van der Waals surface area (Å²) in [5, 5.41) is 0. The molecule has 54 valence electrons. The van der Waals surface area contributed by atoms with Crippen molar-refractivity contribution in [3.8, 4) is 0 Å². The molecule has 0 heterocycles. The number of carbonyl (C=O) groups is 1. The fraction of sp³-hybridized carbons (Fsp3) is 0.833. The average Bonchev–Trinajstić information content (AvgIpc) is 1.62. The Bertz CT molecular complexity index is 115. The van der Waals surface area contributed by atoms with Crippen molar-refractivity contribution in [1.29, 1.82) is 0 Å². The molecule has 0 radical (unpaired) electrons.